The molecule has 3 heterocycles. The first kappa shape index (κ1) is 48.1. The summed E-state index contributed by atoms with van der Waals surface area (Å²) in [5.41, 5.74) is 13.0. The van der Waals surface area contributed by atoms with Crippen LogP contribution in [0.5, 0.6) is 57.5 Å². The number of rotatable bonds is 4. The lowest BCUT2D eigenvalue weighted by molar-refractivity contribution is 0.329. The van der Waals surface area contributed by atoms with E-state index in [9.17, 15) is 51.1 Å². The van der Waals surface area contributed by atoms with Crippen molar-refractivity contribution in [3.05, 3.63) is 111 Å². The zero-order valence-corrected chi connectivity index (χ0v) is 43.9. The summed E-state index contributed by atoms with van der Waals surface area (Å²) >= 11 is 0. The van der Waals surface area contributed by atoms with Crippen molar-refractivity contribution in [1.82, 2.24) is 9.46 Å². The Bertz CT molecular complexity index is 3730. The first-order valence-corrected chi connectivity index (χ1v) is 25.8. The van der Waals surface area contributed by atoms with Crippen molar-refractivity contribution in [2.75, 3.05) is 4.90 Å². The van der Waals surface area contributed by atoms with Gasteiger partial charge in [0.05, 0.1) is 22.6 Å². The van der Waals surface area contributed by atoms with Gasteiger partial charge in [-0.3, -0.25) is 0 Å². The molecule has 0 bridgehead atoms. The molecule has 13 nitrogen and oxygen atoms in total. The number of anilines is 3. The number of aromatic hydroxyl groups is 10. The number of hydrogen-bond acceptors (Lipinski definition) is 12. The van der Waals surface area contributed by atoms with E-state index in [1.54, 1.807) is 0 Å². The molecule has 75 heavy (non-hydrogen) atoms. The van der Waals surface area contributed by atoms with Gasteiger partial charge in [-0.2, -0.15) is 0 Å². The smallest absolute Gasteiger partial charge is 0.334 e. The fourth-order valence-corrected chi connectivity index (χ4v) is 13.4. The maximum atomic E-state index is 12.1. The van der Waals surface area contributed by atoms with E-state index in [1.165, 1.54) is 0 Å². The predicted octanol–water partition coefficient (Wildman–Crippen LogP) is 11.4. The number of allylic oxidation sites excluding steroid dienone is 1. The molecule has 384 valence electrons. The molecule has 7 aromatic rings. The molecule has 0 saturated heterocycles. The number of aryl methyl sites for hydroxylation is 3. The summed E-state index contributed by atoms with van der Waals surface area (Å²) < 4.78 is 1.98. The molecule has 10 N–H and O–H groups in total. The van der Waals surface area contributed by atoms with Crippen LogP contribution in [-0.2, 0) is 28.1 Å². The van der Waals surface area contributed by atoms with Gasteiger partial charge in [0, 0.05) is 22.5 Å². The third-order valence-electron chi connectivity index (χ3n) is 17.9. The molecule has 14 heteroatoms. The van der Waals surface area contributed by atoms with Crippen LogP contribution >= 0.6 is 0 Å². The van der Waals surface area contributed by atoms with Gasteiger partial charge in [0.1, 0.15) is 11.4 Å². The molecule has 3 aliphatic carbocycles. The minimum Gasteiger partial charge on any atom is -0.504 e. The molecule has 6 aromatic carbocycles. The Morgan fingerprint density at radius 2 is 0.987 bits per heavy atom. The van der Waals surface area contributed by atoms with Crippen LogP contribution in [0.1, 0.15) is 138 Å². The van der Waals surface area contributed by atoms with E-state index in [0.29, 0.717) is 35.6 Å². The lowest BCUT2D eigenvalue weighted by Gasteiger charge is -2.47. The Kier molecular flexibility index (Phi) is 9.85. The zero-order valence-electron chi connectivity index (χ0n) is 43.9. The quantitative estimate of drug-likeness (QED) is 0.0452. The van der Waals surface area contributed by atoms with Gasteiger partial charge >= 0.3 is 6.85 Å². The molecule has 1 aromatic heterocycles. The summed E-state index contributed by atoms with van der Waals surface area (Å²) in [7, 11) is 0. The second kappa shape index (κ2) is 15.4. The minimum absolute atomic E-state index is 0.0495. The summed E-state index contributed by atoms with van der Waals surface area (Å²) in [6.07, 6.45) is 6.68. The van der Waals surface area contributed by atoms with Gasteiger partial charge in [-0.05, 0) is 160 Å². The van der Waals surface area contributed by atoms with E-state index in [4.69, 9.17) is 4.98 Å². The average molecular weight is 1010 g/mol. The normalized spacial score (nSPS) is 17.9. The third kappa shape index (κ3) is 6.46. The van der Waals surface area contributed by atoms with Crippen LogP contribution in [0.3, 0.4) is 0 Å². The molecular formula is C61H62BN3O10. The van der Waals surface area contributed by atoms with Gasteiger partial charge in [-0.25, -0.2) is 4.98 Å². The zero-order chi connectivity index (χ0) is 53.7. The van der Waals surface area contributed by atoms with Crippen molar-refractivity contribution < 1.29 is 51.1 Å². The van der Waals surface area contributed by atoms with Gasteiger partial charge < -0.3 is 60.4 Å². The van der Waals surface area contributed by atoms with Crippen molar-refractivity contribution >= 4 is 40.4 Å². The molecule has 0 atom stereocenters. The molecule has 0 radical (unpaired) electrons. The second-order valence-electron chi connectivity index (χ2n) is 24.4. The number of phenols is 10. The maximum absolute atomic E-state index is 12.1. The highest BCUT2D eigenvalue weighted by molar-refractivity contribution is 6.88. The number of benzene rings is 6. The number of imidazole rings is 1. The lowest BCUT2D eigenvalue weighted by Crippen LogP contribution is -2.59. The summed E-state index contributed by atoms with van der Waals surface area (Å²) in [5, 5.41) is 114. The monoisotopic (exact) mass is 1010 g/mol. The topological polar surface area (TPSA) is 223 Å². The van der Waals surface area contributed by atoms with Crippen LogP contribution in [0.15, 0.2) is 60.7 Å². The van der Waals surface area contributed by atoms with E-state index >= 15 is 0 Å². The highest BCUT2D eigenvalue weighted by atomic mass is 16.4. The predicted molar refractivity (Wildman–Crippen MR) is 292 cm³/mol. The van der Waals surface area contributed by atoms with Gasteiger partial charge in [-0.15, -0.1) is 0 Å². The molecule has 0 fully saturated rings. The van der Waals surface area contributed by atoms with Crippen LogP contribution in [0, 0.1) is 13.8 Å². The van der Waals surface area contributed by atoms with Crippen LogP contribution in [0.2, 0.25) is 0 Å². The highest BCUT2D eigenvalue weighted by Crippen LogP contribution is 2.61. The Morgan fingerprint density at radius 1 is 0.493 bits per heavy atom. The Morgan fingerprint density at radius 3 is 1.53 bits per heavy atom. The van der Waals surface area contributed by atoms with Crippen LogP contribution in [0.4, 0.5) is 17.1 Å². The van der Waals surface area contributed by atoms with Gasteiger partial charge in [-0.1, -0.05) is 91.3 Å². The fourth-order valence-electron chi connectivity index (χ4n) is 13.4. The summed E-state index contributed by atoms with van der Waals surface area (Å²) in [6, 6.07) is 19.3. The van der Waals surface area contributed by atoms with Crippen LogP contribution in [0.25, 0.3) is 39.2 Å². The highest BCUT2D eigenvalue weighted by Gasteiger charge is 2.50. The number of phenolic OH excluding ortho intramolecular Hbond substituents is 10. The SMILES string of the molecule is Cc1ccc(-c2cc3c4c(c2)N(c2cc5c(cc2-c2c(O)c(O)c(O)c(O)c2O)C(C)(C)CCC5(C)C)c2cc5c(cc2B4n2c(-c4c(O)c(O)c(O)c(O)c4O)nc4c2C3=CCC4)C(C)(C)CCC5(C)C)c(C)c1. The van der Waals surface area contributed by atoms with E-state index in [0.717, 1.165) is 97.9 Å². The van der Waals surface area contributed by atoms with Crippen LogP contribution in [-0.4, -0.2) is 67.4 Å². The van der Waals surface area contributed by atoms with E-state index in [-0.39, 0.29) is 38.8 Å². The van der Waals surface area contributed by atoms with E-state index < -0.39 is 69.8 Å². The molecule has 0 unspecified atom stereocenters. The molecule has 2 aliphatic heterocycles. The number of aromatic nitrogens is 2. The van der Waals surface area contributed by atoms with E-state index in [2.05, 4.69) is 129 Å². The molecular weight excluding hydrogens is 945 g/mol. The van der Waals surface area contributed by atoms with Crippen molar-refractivity contribution in [2.24, 2.45) is 0 Å². The van der Waals surface area contributed by atoms with Crippen molar-refractivity contribution in [3.63, 3.8) is 0 Å². The number of nitrogens with zero attached hydrogens (tertiary/aromatic N) is 3. The standard InChI is InChI=1S/C61H62BN3O10/c1-27-14-15-30(28(2)20-27)29-21-32-31-12-11-13-39-46(31)65(57(63-39)44-49(68)53(72)56(75)54(73)50(44)69)62-38-24-35-37(61(9,10)19-17-59(35,5)6)26-41(38)64(42(22-29)45(32)62)40-25-36-34(58(3,4)16-18-60(36,7)8)23-33(40)43-47(66)51(70)55(74)52(71)48(43)67/h12,14-15,20-26,66-75H,11,13,16-19H2,1-10H3. The van der Waals surface area contributed by atoms with Crippen molar-refractivity contribution in [3.8, 4) is 91.1 Å². The van der Waals surface area contributed by atoms with Crippen molar-refractivity contribution in [1.29, 1.82) is 0 Å². The number of fused-ring (bicyclic) bond motifs is 6. The maximum Gasteiger partial charge on any atom is 0.334 e. The molecule has 0 amide bonds. The molecule has 5 aliphatic rings. The Balaban J connectivity index is 1.31. The Labute approximate surface area is 435 Å². The fraction of sp³-hybridized carbons (Fsp3) is 0.328. The summed E-state index contributed by atoms with van der Waals surface area (Å²) in [4.78, 5) is 7.35. The van der Waals surface area contributed by atoms with Crippen molar-refractivity contribution in [2.45, 2.75) is 129 Å². The second-order valence-corrected chi connectivity index (χ2v) is 24.4. The largest absolute Gasteiger partial charge is 0.504 e. The van der Waals surface area contributed by atoms with Gasteiger partial charge in [0.25, 0.3) is 0 Å². The summed E-state index contributed by atoms with van der Waals surface area (Å²) in [5.74, 6) is -9.48. The first-order valence-electron chi connectivity index (χ1n) is 25.8. The van der Waals surface area contributed by atoms with E-state index in [1.807, 2.05) is 10.5 Å². The lowest BCUT2D eigenvalue weighted by atomic mass is 9.43. The summed E-state index contributed by atoms with van der Waals surface area (Å²) in [6.45, 7) is 21.1. The molecule has 12 rings (SSSR count). The first-order chi connectivity index (χ1) is 35.2. The minimum atomic E-state index is -1.08. The van der Waals surface area contributed by atoms with Gasteiger partial charge in [0.2, 0.25) is 34.5 Å². The van der Waals surface area contributed by atoms with Gasteiger partial charge in [0.15, 0.2) is 23.0 Å². The average Bonchev–Trinajstić information content (AvgIpc) is 3.92. The van der Waals surface area contributed by atoms with Crippen LogP contribution < -0.4 is 15.8 Å². The molecule has 0 saturated carbocycles. The number of hydrogen-bond donors (Lipinski definition) is 10. The Hall–Kier alpha value is -7.87. The molecule has 0 spiro atoms. The third-order valence-corrected chi connectivity index (χ3v) is 17.9.